The fourth-order valence-electron chi connectivity index (χ4n) is 2.47. The molecule has 0 spiro atoms. The van der Waals surface area contributed by atoms with Gasteiger partial charge in [-0.05, 0) is 42.7 Å². The smallest absolute Gasteiger partial charge is 0.243 e. The summed E-state index contributed by atoms with van der Waals surface area (Å²) in [5.41, 5.74) is 4.41. The Balaban J connectivity index is 2.00. The van der Waals surface area contributed by atoms with Crippen LogP contribution in [-0.4, -0.2) is 18.4 Å². The quantitative estimate of drug-likeness (QED) is 0.760. The number of rotatable bonds is 6. The van der Waals surface area contributed by atoms with Crippen molar-refractivity contribution in [2.24, 2.45) is 0 Å². The number of para-hydroxylation sites is 1. The summed E-state index contributed by atoms with van der Waals surface area (Å²) in [5, 5.41) is 8.82. The van der Waals surface area contributed by atoms with Crippen LogP contribution < -0.4 is 16.0 Å². The minimum Gasteiger partial charge on any atom is -0.376 e. The first-order valence-corrected chi connectivity index (χ1v) is 8.00. The summed E-state index contributed by atoms with van der Waals surface area (Å²) < 4.78 is 0. The lowest BCUT2D eigenvalue weighted by Gasteiger charge is -2.14. The Labute approximate surface area is 142 Å². The van der Waals surface area contributed by atoms with Crippen molar-refractivity contribution in [1.29, 1.82) is 0 Å². The van der Waals surface area contributed by atoms with Gasteiger partial charge in [-0.2, -0.15) is 0 Å². The molecule has 0 saturated carbocycles. The molecule has 0 atom stereocenters. The van der Waals surface area contributed by atoms with Gasteiger partial charge in [0.2, 0.25) is 11.8 Å². The monoisotopic (exact) mass is 325 g/mol. The molecular weight excluding hydrogens is 302 g/mol. The summed E-state index contributed by atoms with van der Waals surface area (Å²) >= 11 is 0. The van der Waals surface area contributed by atoms with Gasteiger partial charge < -0.3 is 16.0 Å². The van der Waals surface area contributed by atoms with E-state index in [2.05, 4.69) is 22.9 Å². The van der Waals surface area contributed by atoms with E-state index >= 15 is 0 Å². The fourth-order valence-corrected chi connectivity index (χ4v) is 2.47. The largest absolute Gasteiger partial charge is 0.376 e. The number of carbonyl (C=O) groups excluding carboxylic acids is 2. The van der Waals surface area contributed by atoms with Crippen LogP contribution in [0.25, 0.3) is 0 Å². The maximum atomic E-state index is 12.2. The third-order valence-electron chi connectivity index (χ3n) is 3.76. The van der Waals surface area contributed by atoms with Crippen LogP contribution in [0.2, 0.25) is 0 Å². The van der Waals surface area contributed by atoms with Crippen LogP contribution in [0.4, 0.5) is 17.1 Å². The average molecular weight is 325 g/mol. The molecular formula is C19H23N3O2. The third kappa shape index (κ3) is 4.59. The van der Waals surface area contributed by atoms with Gasteiger partial charge in [0.1, 0.15) is 0 Å². The van der Waals surface area contributed by atoms with Crippen molar-refractivity contribution in [2.45, 2.75) is 27.2 Å². The molecule has 0 heterocycles. The molecule has 0 aliphatic carbocycles. The first-order valence-electron chi connectivity index (χ1n) is 8.00. The van der Waals surface area contributed by atoms with Crippen molar-refractivity contribution in [1.82, 2.24) is 0 Å². The Morgan fingerprint density at radius 3 is 2.29 bits per heavy atom. The molecule has 0 unspecified atom stereocenters. The second kappa shape index (κ2) is 8.15. The zero-order valence-electron chi connectivity index (χ0n) is 14.3. The Morgan fingerprint density at radius 2 is 1.58 bits per heavy atom. The molecule has 0 aromatic heterocycles. The highest BCUT2D eigenvalue weighted by Gasteiger charge is 2.08. The third-order valence-corrected chi connectivity index (χ3v) is 3.76. The van der Waals surface area contributed by atoms with Crippen LogP contribution in [0, 0.1) is 6.92 Å². The lowest BCUT2D eigenvalue weighted by atomic mass is 10.1. The van der Waals surface area contributed by atoms with E-state index in [1.807, 2.05) is 49.4 Å². The minimum atomic E-state index is -0.121. The molecule has 0 bridgehead atoms. The Bertz CT molecular complexity index is 741. The molecule has 2 amide bonds. The molecule has 126 valence electrons. The number of hydrogen-bond acceptors (Lipinski definition) is 3. The summed E-state index contributed by atoms with van der Waals surface area (Å²) in [5.74, 6) is -0.232. The molecule has 0 fully saturated rings. The van der Waals surface area contributed by atoms with Crippen molar-refractivity contribution in [3.8, 4) is 0 Å². The highest BCUT2D eigenvalue weighted by Crippen LogP contribution is 2.23. The van der Waals surface area contributed by atoms with E-state index in [1.54, 1.807) is 0 Å². The maximum Gasteiger partial charge on any atom is 0.243 e. The van der Waals surface area contributed by atoms with Gasteiger partial charge in [0, 0.05) is 24.0 Å². The van der Waals surface area contributed by atoms with Crippen LogP contribution in [-0.2, 0) is 16.0 Å². The second-order valence-electron chi connectivity index (χ2n) is 5.57. The average Bonchev–Trinajstić information content (AvgIpc) is 2.56. The van der Waals surface area contributed by atoms with Gasteiger partial charge in [0.15, 0.2) is 0 Å². The Kier molecular flexibility index (Phi) is 5.95. The number of nitrogens with one attached hydrogen (secondary N) is 3. The van der Waals surface area contributed by atoms with E-state index in [0.29, 0.717) is 0 Å². The summed E-state index contributed by atoms with van der Waals surface area (Å²) in [6, 6.07) is 13.3. The summed E-state index contributed by atoms with van der Waals surface area (Å²) in [6.07, 6.45) is 0.863. The molecule has 0 saturated heterocycles. The van der Waals surface area contributed by atoms with E-state index in [1.165, 1.54) is 6.92 Å². The van der Waals surface area contributed by atoms with Gasteiger partial charge in [0.05, 0.1) is 6.54 Å². The fraction of sp³-hybridized carbons (Fsp3) is 0.263. The maximum absolute atomic E-state index is 12.2. The van der Waals surface area contributed by atoms with Gasteiger partial charge in [-0.15, -0.1) is 0 Å². The molecule has 2 aromatic carbocycles. The standard InChI is InChI=1S/C19H23N3O2/c1-4-15-8-5-6-9-18(15)22-19(24)12-20-16-10-7-11-17(13(16)2)21-14(3)23/h5-11,20H,4,12H2,1-3H3,(H,21,23)(H,22,24). The first-order chi connectivity index (χ1) is 11.5. The second-order valence-corrected chi connectivity index (χ2v) is 5.57. The SMILES string of the molecule is CCc1ccccc1NC(=O)CNc1cccc(NC(C)=O)c1C. The Hall–Kier alpha value is -2.82. The van der Waals surface area contributed by atoms with E-state index in [4.69, 9.17) is 0 Å². The van der Waals surface area contributed by atoms with E-state index < -0.39 is 0 Å². The minimum absolute atomic E-state index is 0.111. The topological polar surface area (TPSA) is 70.2 Å². The van der Waals surface area contributed by atoms with Crippen molar-refractivity contribution in [3.05, 3.63) is 53.6 Å². The van der Waals surface area contributed by atoms with E-state index in [0.717, 1.165) is 34.6 Å². The number of carbonyl (C=O) groups is 2. The van der Waals surface area contributed by atoms with Crippen molar-refractivity contribution < 1.29 is 9.59 Å². The molecule has 0 aliphatic heterocycles. The summed E-state index contributed by atoms with van der Waals surface area (Å²) in [7, 11) is 0. The molecule has 5 nitrogen and oxygen atoms in total. The number of hydrogen-bond donors (Lipinski definition) is 3. The van der Waals surface area contributed by atoms with Crippen molar-refractivity contribution in [2.75, 3.05) is 22.5 Å². The molecule has 2 aromatic rings. The van der Waals surface area contributed by atoms with Crippen LogP contribution in [0.3, 0.4) is 0 Å². The van der Waals surface area contributed by atoms with Crippen LogP contribution in [0.5, 0.6) is 0 Å². The molecule has 0 radical (unpaired) electrons. The van der Waals surface area contributed by atoms with Crippen molar-refractivity contribution in [3.63, 3.8) is 0 Å². The summed E-state index contributed by atoms with van der Waals surface area (Å²) in [4.78, 5) is 23.4. The van der Waals surface area contributed by atoms with Gasteiger partial charge in [-0.25, -0.2) is 0 Å². The zero-order valence-corrected chi connectivity index (χ0v) is 14.3. The summed E-state index contributed by atoms with van der Waals surface area (Å²) in [6.45, 7) is 5.58. The number of amides is 2. The normalized spacial score (nSPS) is 10.1. The van der Waals surface area contributed by atoms with Gasteiger partial charge in [-0.3, -0.25) is 9.59 Å². The van der Waals surface area contributed by atoms with Gasteiger partial charge in [-0.1, -0.05) is 31.2 Å². The predicted molar refractivity (Wildman–Crippen MR) is 98.4 cm³/mol. The Morgan fingerprint density at radius 1 is 0.917 bits per heavy atom. The van der Waals surface area contributed by atoms with Gasteiger partial charge in [0.25, 0.3) is 0 Å². The number of aryl methyl sites for hydroxylation is 1. The lowest BCUT2D eigenvalue weighted by molar-refractivity contribution is -0.115. The van der Waals surface area contributed by atoms with E-state index in [-0.39, 0.29) is 18.4 Å². The highest BCUT2D eigenvalue weighted by atomic mass is 16.2. The molecule has 2 rings (SSSR count). The van der Waals surface area contributed by atoms with Crippen LogP contribution >= 0.6 is 0 Å². The van der Waals surface area contributed by atoms with Crippen LogP contribution in [0.15, 0.2) is 42.5 Å². The first kappa shape index (κ1) is 17.5. The lowest BCUT2D eigenvalue weighted by Crippen LogP contribution is -2.22. The molecule has 0 aliphatic rings. The predicted octanol–water partition coefficient (Wildman–Crippen LogP) is 3.57. The zero-order chi connectivity index (χ0) is 17.5. The van der Waals surface area contributed by atoms with Crippen molar-refractivity contribution >= 4 is 28.9 Å². The molecule has 24 heavy (non-hydrogen) atoms. The number of benzene rings is 2. The van der Waals surface area contributed by atoms with Crippen LogP contribution in [0.1, 0.15) is 25.0 Å². The molecule has 5 heteroatoms. The van der Waals surface area contributed by atoms with Gasteiger partial charge >= 0.3 is 0 Å². The van der Waals surface area contributed by atoms with E-state index in [9.17, 15) is 9.59 Å². The molecule has 3 N–H and O–H groups in total. The number of anilines is 3. The highest BCUT2D eigenvalue weighted by molar-refractivity contribution is 5.95.